The number of allylic oxidation sites excluding steroid dienone is 3. The van der Waals surface area contributed by atoms with Gasteiger partial charge in [-0.15, -0.1) is 0 Å². The normalized spacial score (nSPS) is 24.2. The minimum atomic E-state index is 0.343. The molecule has 0 aromatic heterocycles. The average molecular weight is 154 g/mol. The topological polar surface area (TPSA) is 21.8 Å². The molecule has 0 N–H and O–H groups in total. The average Bonchev–Trinajstić information content (AvgIpc) is 2.81. The van der Waals surface area contributed by atoms with E-state index in [-0.39, 0.29) is 0 Å². The molecule has 0 amide bonds. The van der Waals surface area contributed by atoms with Crippen molar-refractivity contribution in [1.29, 1.82) is 0 Å². The van der Waals surface area contributed by atoms with Crippen LogP contribution >= 0.6 is 0 Å². The number of hydrogen-bond donors (Lipinski definition) is 0. The van der Waals surface area contributed by atoms with Crippen molar-refractivity contribution in [3.63, 3.8) is 0 Å². The molecule has 1 aliphatic heterocycles. The molecule has 2 heteroatoms. The van der Waals surface area contributed by atoms with E-state index in [9.17, 15) is 0 Å². The van der Waals surface area contributed by atoms with Gasteiger partial charge >= 0.3 is 0 Å². The molecule has 2 nitrogen and oxygen atoms in total. The minimum absolute atomic E-state index is 0.343. The third kappa shape index (κ3) is 3.23. The molecule has 1 unspecified atom stereocenters. The summed E-state index contributed by atoms with van der Waals surface area (Å²) < 4.78 is 10.4. The molecule has 0 spiro atoms. The van der Waals surface area contributed by atoms with E-state index >= 15 is 0 Å². The second-order valence-corrected chi connectivity index (χ2v) is 2.46. The zero-order valence-corrected chi connectivity index (χ0v) is 7.04. The molecule has 0 aromatic rings. The highest BCUT2D eigenvalue weighted by molar-refractivity contribution is 5.09. The molecular formula is C9H14O2. The Morgan fingerprint density at radius 3 is 2.82 bits per heavy atom. The molecule has 0 bridgehead atoms. The summed E-state index contributed by atoms with van der Waals surface area (Å²) in [4.78, 5) is 0. The molecule has 1 heterocycles. The van der Waals surface area contributed by atoms with Crippen molar-refractivity contribution in [2.24, 2.45) is 0 Å². The Bertz CT molecular complexity index is 166. The van der Waals surface area contributed by atoms with Crippen LogP contribution in [0.15, 0.2) is 24.0 Å². The molecule has 1 saturated heterocycles. The van der Waals surface area contributed by atoms with E-state index in [0.29, 0.717) is 12.7 Å². The van der Waals surface area contributed by atoms with Gasteiger partial charge in [-0.1, -0.05) is 6.08 Å². The van der Waals surface area contributed by atoms with Crippen LogP contribution in [-0.4, -0.2) is 19.3 Å². The van der Waals surface area contributed by atoms with Gasteiger partial charge in [0.05, 0.1) is 6.61 Å². The Morgan fingerprint density at radius 1 is 1.64 bits per heavy atom. The van der Waals surface area contributed by atoms with E-state index in [1.165, 1.54) is 0 Å². The first-order valence-electron chi connectivity index (χ1n) is 3.90. The van der Waals surface area contributed by atoms with Crippen LogP contribution in [0.25, 0.3) is 0 Å². The van der Waals surface area contributed by atoms with Crippen LogP contribution < -0.4 is 0 Å². The highest BCUT2D eigenvalue weighted by Crippen LogP contribution is 2.11. The molecular weight excluding hydrogens is 140 g/mol. The zero-order chi connectivity index (χ0) is 8.10. The lowest BCUT2D eigenvalue weighted by Gasteiger charge is -2.02. The maximum absolute atomic E-state index is 5.40. The largest absolute Gasteiger partial charge is 0.491 e. The third-order valence-electron chi connectivity index (χ3n) is 1.45. The number of epoxide rings is 1. The molecule has 1 atom stereocenters. The second kappa shape index (κ2) is 4.19. The monoisotopic (exact) mass is 154 g/mol. The molecule has 0 aromatic carbocycles. The van der Waals surface area contributed by atoms with E-state index < -0.39 is 0 Å². The lowest BCUT2D eigenvalue weighted by Crippen LogP contribution is -1.99. The van der Waals surface area contributed by atoms with E-state index in [4.69, 9.17) is 9.47 Å². The van der Waals surface area contributed by atoms with Gasteiger partial charge in [-0.2, -0.15) is 0 Å². The first-order chi connectivity index (χ1) is 5.36. The van der Waals surface area contributed by atoms with Gasteiger partial charge in [0.1, 0.15) is 18.5 Å². The van der Waals surface area contributed by atoms with Crippen molar-refractivity contribution in [3.05, 3.63) is 24.0 Å². The van der Waals surface area contributed by atoms with Crippen molar-refractivity contribution in [1.82, 2.24) is 0 Å². The van der Waals surface area contributed by atoms with Crippen LogP contribution in [0, 0.1) is 0 Å². The Labute approximate surface area is 67.5 Å². The lowest BCUT2D eigenvalue weighted by atomic mass is 10.4. The number of hydrogen-bond acceptors (Lipinski definition) is 2. The second-order valence-electron chi connectivity index (χ2n) is 2.46. The van der Waals surface area contributed by atoms with Crippen LogP contribution in [0.4, 0.5) is 0 Å². The van der Waals surface area contributed by atoms with Gasteiger partial charge in [0.15, 0.2) is 0 Å². The fourth-order valence-corrected chi connectivity index (χ4v) is 0.745. The number of ether oxygens (including phenoxy) is 2. The quantitative estimate of drug-likeness (QED) is 0.350. The predicted octanol–water partition coefficient (Wildman–Crippen LogP) is 1.88. The van der Waals surface area contributed by atoms with Crippen molar-refractivity contribution in [2.45, 2.75) is 20.0 Å². The van der Waals surface area contributed by atoms with Crippen molar-refractivity contribution in [3.8, 4) is 0 Å². The highest BCUT2D eigenvalue weighted by Gasteiger charge is 2.22. The van der Waals surface area contributed by atoms with Gasteiger partial charge in [-0.05, 0) is 26.0 Å². The third-order valence-corrected chi connectivity index (χ3v) is 1.45. The highest BCUT2D eigenvalue weighted by atomic mass is 16.6. The fraction of sp³-hybridized carbons (Fsp3) is 0.556. The van der Waals surface area contributed by atoms with Crippen LogP contribution in [0.1, 0.15) is 13.8 Å². The zero-order valence-electron chi connectivity index (χ0n) is 7.04. The van der Waals surface area contributed by atoms with Crippen molar-refractivity contribution >= 4 is 0 Å². The molecule has 11 heavy (non-hydrogen) atoms. The van der Waals surface area contributed by atoms with Crippen LogP contribution in [0.3, 0.4) is 0 Å². The Hall–Kier alpha value is -0.760. The predicted molar refractivity (Wildman–Crippen MR) is 44.3 cm³/mol. The lowest BCUT2D eigenvalue weighted by molar-refractivity contribution is 0.192. The van der Waals surface area contributed by atoms with Gasteiger partial charge < -0.3 is 9.47 Å². The van der Waals surface area contributed by atoms with Gasteiger partial charge in [0, 0.05) is 0 Å². The van der Waals surface area contributed by atoms with Gasteiger partial charge in [-0.3, -0.25) is 0 Å². The van der Waals surface area contributed by atoms with E-state index in [2.05, 4.69) is 0 Å². The van der Waals surface area contributed by atoms with Gasteiger partial charge in [0.25, 0.3) is 0 Å². The van der Waals surface area contributed by atoms with E-state index in [1.54, 1.807) is 0 Å². The molecule has 0 aliphatic carbocycles. The van der Waals surface area contributed by atoms with Crippen LogP contribution in [0.5, 0.6) is 0 Å². The molecule has 62 valence electrons. The van der Waals surface area contributed by atoms with E-state index in [1.807, 2.05) is 32.1 Å². The minimum Gasteiger partial charge on any atom is -0.491 e. The molecule has 0 saturated carbocycles. The summed E-state index contributed by atoms with van der Waals surface area (Å²) in [5.41, 5.74) is 0. The molecule has 1 rings (SSSR count). The Morgan fingerprint density at radius 2 is 2.36 bits per heavy atom. The Kier molecular flexibility index (Phi) is 3.17. The summed E-state index contributed by atoms with van der Waals surface area (Å²) >= 11 is 0. The maximum atomic E-state index is 5.40. The SMILES string of the molecule is C/C=C\C(=C/C)OCC1CO1. The summed E-state index contributed by atoms with van der Waals surface area (Å²) in [6, 6.07) is 0. The standard InChI is InChI=1S/C9H14O2/c1-3-5-8(4-2)10-6-9-7-11-9/h3-5,9H,6-7H2,1-2H3/b5-3-,8-4+. The first kappa shape index (κ1) is 8.34. The first-order valence-corrected chi connectivity index (χ1v) is 3.90. The Balaban J connectivity index is 2.19. The van der Waals surface area contributed by atoms with Gasteiger partial charge in [0.2, 0.25) is 0 Å². The summed E-state index contributed by atoms with van der Waals surface area (Å²) in [5, 5.41) is 0. The maximum Gasteiger partial charge on any atom is 0.117 e. The van der Waals surface area contributed by atoms with Gasteiger partial charge in [-0.25, -0.2) is 0 Å². The summed E-state index contributed by atoms with van der Waals surface area (Å²) in [5.74, 6) is 0.919. The molecule has 1 fully saturated rings. The smallest absolute Gasteiger partial charge is 0.117 e. The molecule has 0 radical (unpaired) electrons. The van der Waals surface area contributed by atoms with Crippen molar-refractivity contribution < 1.29 is 9.47 Å². The number of rotatable bonds is 4. The van der Waals surface area contributed by atoms with Crippen LogP contribution in [-0.2, 0) is 9.47 Å². The summed E-state index contributed by atoms with van der Waals surface area (Å²) in [6.07, 6.45) is 6.20. The van der Waals surface area contributed by atoms with Crippen LogP contribution in [0.2, 0.25) is 0 Å². The summed E-state index contributed by atoms with van der Waals surface area (Å²) in [7, 11) is 0. The fourth-order valence-electron chi connectivity index (χ4n) is 0.745. The van der Waals surface area contributed by atoms with E-state index in [0.717, 1.165) is 12.4 Å². The van der Waals surface area contributed by atoms with Crippen molar-refractivity contribution in [2.75, 3.05) is 13.2 Å². The molecule has 1 aliphatic rings. The summed E-state index contributed by atoms with van der Waals surface area (Å²) in [6.45, 7) is 5.47.